The summed E-state index contributed by atoms with van der Waals surface area (Å²) in [4.78, 5) is 0. The SMILES string of the molecule is [18F]CCOCCOCCOCCSC(c1ccccc1)(c1ccccc1)c1ccccc1. The van der Waals surface area contributed by atoms with Crippen molar-refractivity contribution in [2.75, 3.05) is 52.1 Å². The van der Waals surface area contributed by atoms with E-state index in [4.69, 9.17) is 14.2 Å². The van der Waals surface area contributed by atoms with Crippen LogP contribution in [0.4, 0.5) is 4.39 Å². The van der Waals surface area contributed by atoms with Crippen molar-refractivity contribution in [1.82, 2.24) is 0 Å². The highest BCUT2D eigenvalue weighted by molar-refractivity contribution is 8.00. The molecule has 0 N–H and O–H groups in total. The number of alkyl halides is 1. The van der Waals surface area contributed by atoms with E-state index in [9.17, 15) is 4.39 Å². The van der Waals surface area contributed by atoms with Gasteiger partial charge in [0.1, 0.15) is 6.67 Å². The monoisotopic (exact) mass is 453 g/mol. The van der Waals surface area contributed by atoms with Crippen LogP contribution in [0, 0.1) is 0 Å². The maximum atomic E-state index is 12.0. The maximum Gasteiger partial charge on any atom is 0.113 e. The minimum absolute atomic E-state index is 0.128. The van der Waals surface area contributed by atoms with E-state index in [1.165, 1.54) is 16.7 Å². The first-order valence-electron chi connectivity index (χ1n) is 11.0. The third-order valence-electron chi connectivity index (χ3n) is 5.05. The minimum Gasteiger partial charge on any atom is -0.378 e. The molecule has 0 aliphatic rings. The third-order valence-corrected chi connectivity index (χ3v) is 6.56. The van der Waals surface area contributed by atoms with Crippen LogP contribution in [0.15, 0.2) is 91.0 Å². The maximum absolute atomic E-state index is 12.0. The van der Waals surface area contributed by atoms with Crippen LogP contribution in [0.1, 0.15) is 16.7 Å². The van der Waals surface area contributed by atoms with E-state index in [2.05, 4.69) is 91.0 Å². The summed E-state index contributed by atoms with van der Waals surface area (Å²) in [6.07, 6.45) is 0. The van der Waals surface area contributed by atoms with Crippen molar-refractivity contribution in [3.63, 3.8) is 0 Å². The van der Waals surface area contributed by atoms with Crippen molar-refractivity contribution >= 4 is 11.8 Å². The summed E-state index contributed by atoms with van der Waals surface area (Å²) in [6, 6.07) is 32.0. The van der Waals surface area contributed by atoms with Gasteiger partial charge in [0.15, 0.2) is 0 Å². The Morgan fingerprint density at radius 2 is 0.906 bits per heavy atom. The molecule has 0 aliphatic heterocycles. The van der Waals surface area contributed by atoms with Crippen LogP contribution in [0.2, 0.25) is 0 Å². The Labute approximate surface area is 194 Å². The molecule has 0 atom stereocenters. The summed E-state index contributed by atoms with van der Waals surface area (Å²) in [6.45, 7) is 2.19. The fourth-order valence-electron chi connectivity index (χ4n) is 3.62. The lowest BCUT2D eigenvalue weighted by molar-refractivity contribution is 0.0150. The van der Waals surface area contributed by atoms with Crippen molar-refractivity contribution in [3.8, 4) is 0 Å². The summed E-state index contributed by atoms with van der Waals surface area (Å²) in [7, 11) is 0. The lowest BCUT2D eigenvalue weighted by Gasteiger charge is -2.35. The molecule has 0 radical (unpaired) electrons. The highest BCUT2D eigenvalue weighted by Gasteiger charge is 2.36. The van der Waals surface area contributed by atoms with Gasteiger partial charge in [-0.3, -0.25) is 0 Å². The smallest absolute Gasteiger partial charge is 0.113 e. The van der Waals surface area contributed by atoms with Crippen molar-refractivity contribution in [2.24, 2.45) is 0 Å². The molecule has 0 heterocycles. The minimum atomic E-state index is -0.461. The molecule has 0 spiro atoms. The summed E-state index contributed by atoms with van der Waals surface area (Å²) >= 11 is 1.88. The zero-order chi connectivity index (χ0) is 22.3. The molecule has 3 aromatic carbocycles. The zero-order valence-electron chi connectivity index (χ0n) is 18.3. The van der Waals surface area contributed by atoms with Crippen LogP contribution in [0.25, 0.3) is 0 Å². The summed E-state index contributed by atoms with van der Waals surface area (Å²) in [5, 5.41) is 0. The quantitative estimate of drug-likeness (QED) is 0.217. The highest BCUT2D eigenvalue weighted by Crippen LogP contribution is 2.48. The molecule has 0 aromatic heterocycles. The van der Waals surface area contributed by atoms with E-state index in [-0.39, 0.29) is 11.4 Å². The van der Waals surface area contributed by atoms with E-state index in [0.717, 1.165) is 5.75 Å². The molecule has 170 valence electrons. The predicted octanol–water partition coefficient (Wildman–Crippen LogP) is 5.73. The van der Waals surface area contributed by atoms with E-state index in [1.54, 1.807) is 0 Å². The third kappa shape index (κ3) is 6.91. The zero-order valence-corrected chi connectivity index (χ0v) is 19.1. The molecule has 32 heavy (non-hydrogen) atoms. The Kier molecular flexibility index (Phi) is 10.8. The van der Waals surface area contributed by atoms with Gasteiger partial charge in [0.25, 0.3) is 0 Å². The van der Waals surface area contributed by atoms with Crippen LogP contribution in [-0.4, -0.2) is 52.1 Å². The second kappa shape index (κ2) is 14.1. The molecule has 0 saturated heterocycles. The molecule has 3 aromatic rings. The Morgan fingerprint density at radius 1 is 0.531 bits per heavy atom. The fraction of sp³-hybridized carbons (Fsp3) is 0.333. The first kappa shape index (κ1) is 24.5. The Balaban J connectivity index is 1.64. The molecule has 0 saturated carbocycles. The Bertz CT molecular complexity index is 765. The Hall–Kier alpha value is -2.18. The lowest BCUT2D eigenvalue weighted by atomic mass is 9.84. The number of benzene rings is 3. The van der Waals surface area contributed by atoms with E-state index < -0.39 is 6.67 Å². The topological polar surface area (TPSA) is 27.7 Å². The lowest BCUT2D eigenvalue weighted by Crippen LogP contribution is -2.26. The van der Waals surface area contributed by atoms with Gasteiger partial charge >= 0.3 is 0 Å². The van der Waals surface area contributed by atoms with Gasteiger partial charge in [-0.2, -0.15) is 0 Å². The molecular formula is C27H31FO3S. The van der Waals surface area contributed by atoms with Crippen molar-refractivity contribution in [1.29, 1.82) is 0 Å². The van der Waals surface area contributed by atoms with Gasteiger partial charge in [0, 0.05) is 5.75 Å². The summed E-state index contributed by atoms with van der Waals surface area (Å²) < 4.78 is 28.0. The van der Waals surface area contributed by atoms with Crippen LogP contribution in [0.3, 0.4) is 0 Å². The van der Waals surface area contributed by atoms with Crippen molar-refractivity contribution in [3.05, 3.63) is 108 Å². The van der Waals surface area contributed by atoms with Gasteiger partial charge in [0.05, 0.1) is 44.4 Å². The molecule has 0 unspecified atom stereocenters. The number of halogens is 1. The van der Waals surface area contributed by atoms with Crippen molar-refractivity contribution in [2.45, 2.75) is 4.75 Å². The fourth-order valence-corrected chi connectivity index (χ4v) is 5.03. The van der Waals surface area contributed by atoms with Crippen LogP contribution in [-0.2, 0) is 19.0 Å². The van der Waals surface area contributed by atoms with Gasteiger partial charge in [-0.15, -0.1) is 11.8 Å². The van der Waals surface area contributed by atoms with Gasteiger partial charge < -0.3 is 14.2 Å². The van der Waals surface area contributed by atoms with Crippen LogP contribution < -0.4 is 0 Å². The second-order valence-corrected chi connectivity index (χ2v) is 8.46. The first-order chi connectivity index (χ1) is 15.9. The molecule has 3 rings (SSSR count). The van der Waals surface area contributed by atoms with E-state index in [1.807, 2.05) is 11.8 Å². The van der Waals surface area contributed by atoms with Crippen molar-refractivity contribution < 1.29 is 18.6 Å². The summed E-state index contributed by atoms with van der Waals surface area (Å²) in [5.74, 6) is 0.832. The van der Waals surface area contributed by atoms with Gasteiger partial charge in [-0.05, 0) is 16.7 Å². The predicted molar refractivity (Wildman–Crippen MR) is 130 cm³/mol. The van der Waals surface area contributed by atoms with Crippen LogP contribution >= 0.6 is 11.8 Å². The first-order valence-corrected chi connectivity index (χ1v) is 12.0. The average Bonchev–Trinajstić information content (AvgIpc) is 2.87. The molecule has 5 heteroatoms. The standard InChI is InChI=1S/C27H31FO3S/c28-16-17-29-18-19-30-20-21-31-22-23-32-27(24-10-4-1-5-11-24,25-12-6-2-7-13-25)26-14-8-3-9-15-26/h1-15H,16-23H2/i28-1. The van der Waals surface area contributed by atoms with E-state index in [0.29, 0.717) is 33.0 Å². The van der Waals surface area contributed by atoms with Crippen LogP contribution in [0.5, 0.6) is 0 Å². The Morgan fingerprint density at radius 3 is 1.31 bits per heavy atom. The molecule has 0 fully saturated rings. The van der Waals surface area contributed by atoms with Gasteiger partial charge in [-0.25, -0.2) is 4.39 Å². The molecule has 0 aliphatic carbocycles. The number of thioether (sulfide) groups is 1. The van der Waals surface area contributed by atoms with E-state index >= 15 is 0 Å². The average molecular weight is 454 g/mol. The number of ether oxygens (including phenoxy) is 3. The number of hydrogen-bond acceptors (Lipinski definition) is 4. The number of hydrogen-bond donors (Lipinski definition) is 0. The summed E-state index contributed by atoms with van der Waals surface area (Å²) in [5.41, 5.74) is 3.75. The highest BCUT2D eigenvalue weighted by atomic mass is 32.2. The van der Waals surface area contributed by atoms with Gasteiger partial charge in [-0.1, -0.05) is 91.0 Å². The second-order valence-electron chi connectivity index (χ2n) is 7.15. The largest absolute Gasteiger partial charge is 0.378 e. The number of rotatable bonds is 15. The molecule has 0 amide bonds. The van der Waals surface area contributed by atoms with Gasteiger partial charge in [0.2, 0.25) is 0 Å². The molecule has 0 bridgehead atoms. The molecule has 3 nitrogen and oxygen atoms in total. The molecular weight excluding hydrogens is 422 g/mol. The normalized spacial score (nSPS) is 11.5.